The van der Waals surface area contributed by atoms with Crippen molar-refractivity contribution < 1.29 is 12.8 Å². The third-order valence-corrected chi connectivity index (χ3v) is 5.55. The Balaban J connectivity index is 1.68. The zero-order valence-electron chi connectivity index (χ0n) is 15.7. The van der Waals surface area contributed by atoms with Crippen LogP contribution in [0.2, 0.25) is 0 Å². The first-order valence-electron chi connectivity index (χ1n) is 9.04. The van der Waals surface area contributed by atoms with E-state index >= 15 is 0 Å². The Kier molecular flexibility index (Phi) is 5.40. The van der Waals surface area contributed by atoms with Gasteiger partial charge in [0.15, 0.2) is 0 Å². The number of nitrogens with zero attached hydrogens (tertiary/aromatic N) is 3. The molecule has 0 spiro atoms. The van der Waals surface area contributed by atoms with Crippen molar-refractivity contribution in [2.24, 2.45) is 5.10 Å². The molecule has 4 rings (SSSR count). The van der Waals surface area contributed by atoms with E-state index in [4.69, 9.17) is 0 Å². The molecule has 0 amide bonds. The molecular weight excluding hydrogens is 403 g/mol. The van der Waals surface area contributed by atoms with Crippen LogP contribution in [0.25, 0.3) is 16.9 Å². The van der Waals surface area contributed by atoms with Crippen molar-refractivity contribution in [2.45, 2.75) is 4.90 Å². The van der Waals surface area contributed by atoms with Gasteiger partial charge in [0.1, 0.15) is 11.5 Å². The van der Waals surface area contributed by atoms with Gasteiger partial charge in [-0.2, -0.15) is 18.6 Å². The number of aromatic nitrogens is 2. The molecule has 0 saturated heterocycles. The molecule has 0 radical (unpaired) electrons. The molecule has 0 atom stereocenters. The van der Waals surface area contributed by atoms with Gasteiger partial charge in [-0.25, -0.2) is 13.9 Å². The van der Waals surface area contributed by atoms with E-state index in [2.05, 4.69) is 15.0 Å². The summed E-state index contributed by atoms with van der Waals surface area (Å²) in [5, 5.41) is 8.49. The highest BCUT2D eigenvalue weighted by atomic mass is 32.2. The molecule has 1 heterocycles. The second-order valence-corrected chi connectivity index (χ2v) is 8.05. The summed E-state index contributed by atoms with van der Waals surface area (Å²) >= 11 is 0. The maximum atomic E-state index is 13.3. The molecule has 6 nitrogen and oxygen atoms in total. The van der Waals surface area contributed by atoms with Gasteiger partial charge in [-0.15, -0.1) is 0 Å². The normalized spacial score (nSPS) is 11.6. The van der Waals surface area contributed by atoms with Gasteiger partial charge < -0.3 is 0 Å². The summed E-state index contributed by atoms with van der Waals surface area (Å²) in [7, 11) is -3.78. The zero-order valence-corrected chi connectivity index (χ0v) is 16.5. The molecule has 0 saturated carbocycles. The number of benzene rings is 3. The molecule has 1 aromatic heterocycles. The first-order valence-corrected chi connectivity index (χ1v) is 10.5. The molecule has 0 fully saturated rings. The minimum atomic E-state index is -3.78. The maximum Gasteiger partial charge on any atom is 0.276 e. The second-order valence-electron chi connectivity index (χ2n) is 6.39. The molecule has 3 aromatic carbocycles. The minimum Gasteiger partial charge on any atom is -0.240 e. The lowest BCUT2D eigenvalue weighted by Gasteiger charge is -2.02. The Labute approximate surface area is 173 Å². The van der Waals surface area contributed by atoms with E-state index in [0.29, 0.717) is 16.8 Å². The zero-order chi connectivity index (χ0) is 21.0. The molecule has 4 aromatic rings. The van der Waals surface area contributed by atoms with Crippen molar-refractivity contribution in [3.05, 3.63) is 103 Å². The predicted molar refractivity (Wildman–Crippen MR) is 113 cm³/mol. The van der Waals surface area contributed by atoms with Crippen LogP contribution < -0.4 is 4.83 Å². The summed E-state index contributed by atoms with van der Waals surface area (Å²) in [6, 6.07) is 23.3. The third kappa shape index (κ3) is 4.28. The molecular formula is C22H17FN4O2S. The van der Waals surface area contributed by atoms with Crippen LogP contribution in [0.3, 0.4) is 0 Å². The molecule has 0 unspecified atom stereocenters. The Morgan fingerprint density at radius 2 is 1.53 bits per heavy atom. The molecule has 0 aliphatic carbocycles. The van der Waals surface area contributed by atoms with Crippen LogP contribution in [0.4, 0.5) is 4.39 Å². The van der Waals surface area contributed by atoms with E-state index in [1.165, 1.54) is 30.5 Å². The Morgan fingerprint density at radius 1 is 0.900 bits per heavy atom. The summed E-state index contributed by atoms with van der Waals surface area (Å²) < 4.78 is 39.7. The minimum absolute atomic E-state index is 0.112. The van der Waals surface area contributed by atoms with Gasteiger partial charge in [-0.1, -0.05) is 36.4 Å². The lowest BCUT2D eigenvalue weighted by molar-refractivity contribution is 0.584. The number of para-hydroxylation sites is 1. The SMILES string of the molecule is O=S(=O)(N/N=C\c1cn(-c2ccccc2)nc1-c1ccc(F)cc1)c1ccccc1. The first kappa shape index (κ1) is 19.5. The molecule has 8 heteroatoms. The number of hydrazone groups is 1. The van der Waals surface area contributed by atoms with Crippen molar-refractivity contribution in [2.75, 3.05) is 0 Å². The van der Waals surface area contributed by atoms with Crippen molar-refractivity contribution >= 4 is 16.2 Å². The van der Waals surface area contributed by atoms with Crippen molar-refractivity contribution in [1.29, 1.82) is 0 Å². The van der Waals surface area contributed by atoms with E-state index in [0.717, 1.165) is 5.69 Å². The van der Waals surface area contributed by atoms with Crippen LogP contribution in [0.1, 0.15) is 5.56 Å². The topological polar surface area (TPSA) is 76.3 Å². The quantitative estimate of drug-likeness (QED) is 0.379. The van der Waals surface area contributed by atoms with E-state index in [-0.39, 0.29) is 10.7 Å². The molecule has 0 aliphatic rings. The van der Waals surface area contributed by atoms with Crippen LogP contribution in [-0.4, -0.2) is 24.4 Å². The highest BCUT2D eigenvalue weighted by Crippen LogP contribution is 2.23. The van der Waals surface area contributed by atoms with E-state index in [9.17, 15) is 12.8 Å². The van der Waals surface area contributed by atoms with Gasteiger partial charge in [0.05, 0.1) is 16.8 Å². The fourth-order valence-electron chi connectivity index (χ4n) is 2.84. The standard InChI is InChI=1S/C22H17FN4O2S/c23-19-13-11-17(12-14-19)22-18(16-27(25-22)20-7-3-1-4-8-20)15-24-26-30(28,29)21-9-5-2-6-10-21/h1-16,26H/b24-15-. The third-order valence-electron chi connectivity index (χ3n) is 4.31. The Bertz CT molecular complexity index is 1270. The second kappa shape index (κ2) is 8.30. The van der Waals surface area contributed by atoms with Crippen LogP contribution in [0, 0.1) is 5.82 Å². The number of hydrogen-bond acceptors (Lipinski definition) is 4. The summed E-state index contributed by atoms with van der Waals surface area (Å²) in [5.74, 6) is -0.355. The fraction of sp³-hybridized carbons (Fsp3) is 0. The van der Waals surface area contributed by atoms with Gasteiger partial charge in [-0.05, 0) is 48.5 Å². The number of hydrogen-bond donors (Lipinski definition) is 1. The highest BCUT2D eigenvalue weighted by Gasteiger charge is 2.13. The molecule has 150 valence electrons. The highest BCUT2D eigenvalue weighted by molar-refractivity contribution is 7.89. The van der Waals surface area contributed by atoms with Crippen molar-refractivity contribution in [3.8, 4) is 16.9 Å². The van der Waals surface area contributed by atoms with Gasteiger partial charge in [0.25, 0.3) is 10.0 Å². The average molecular weight is 420 g/mol. The summed E-state index contributed by atoms with van der Waals surface area (Å²) in [4.78, 5) is 2.32. The lowest BCUT2D eigenvalue weighted by atomic mass is 10.1. The van der Waals surface area contributed by atoms with E-state index < -0.39 is 10.0 Å². The average Bonchev–Trinajstić information content (AvgIpc) is 3.19. The van der Waals surface area contributed by atoms with Crippen LogP contribution in [0.15, 0.2) is 101 Å². The van der Waals surface area contributed by atoms with E-state index in [1.807, 2.05) is 30.3 Å². The summed E-state index contributed by atoms with van der Waals surface area (Å²) in [6.07, 6.45) is 3.11. The molecule has 30 heavy (non-hydrogen) atoms. The summed E-state index contributed by atoms with van der Waals surface area (Å²) in [6.45, 7) is 0. The van der Waals surface area contributed by atoms with Gasteiger partial charge >= 0.3 is 0 Å². The van der Waals surface area contributed by atoms with E-state index in [1.54, 1.807) is 41.2 Å². The smallest absolute Gasteiger partial charge is 0.240 e. The number of rotatable bonds is 6. The number of halogens is 1. The first-order chi connectivity index (χ1) is 14.5. The van der Waals surface area contributed by atoms with Crippen LogP contribution in [0.5, 0.6) is 0 Å². The molecule has 0 bridgehead atoms. The monoisotopic (exact) mass is 420 g/mol. The lowest BCUT2D eigenvalue weighted by Crippen LogP contribution is -2.18. The fourth-order valence-corrected chi connectivity index (χ4v) is 3.66. The Hall–Kier alpha value is -3.78. The van der Waals surface area contributed by atoms with Gasteiger partial charge in [0, 0.05) is 17.3 Å². The number of sulfonamides is 1. The van der Waals surface area contributed by atoms with Gasteiger partial charge in [0.2, 0.25) is 0 Å². The van der Waals surface area contributed by atoms with Crippen LogP contribution in [-0.2, 0) is 10.0 Å². The van der Waals surface area contributed by atoms with Gasteiger partial charge in [-0.3, -0.25) is 0 Å². The maximum absolute atomic E-state index is 13.3. The molecule has 1 N–H and O–H groups in total. The largest absolute Gasteiger partial charge is 0.276 e. The molecule has 0 aliphatic heterocycles. The summed E-state index contributed by atoms with van der Waals surface area (Å²) in [5.41, 5.74) is 2.62. The Morgan fingerprint density at radius 3 is 2.20 bits per heavy atom. The van der Waals surface area contributed by atoms with Crippen LogP contribution >= 0.6 is 0 Å². The number of nitrogens with one attached hydrogen (secondary N) is 1. The van der Waals surface area contributed by atoms with Crippen molar-refractivity contribution in [3.63, 3.8) is 0 Å². The van der Waals surface area contributed by atoms with Crippen molar-refractivity contribution in [1.82, 2.24) is 14.6 Å². The predicted octanol–water partition coefficient (Wildman–Crippen LogP) is 3.99.